The molecule has 2 aromatic heterocycles. The van der Waals surface area contributed by atoms with Gasteiger partial charge in [-0.25, -0.2) is 4.98 Å². The molecular formula is C14H20N4OS. The van der Waals surface area contributed by atoms with E-state index in [1.165, 1.54) is 12.8 Å². The van der Waals surface area contributed by atoms with Crippen LogP contribution in [0.4, 0.5) is 11.8 Å². The number of fused-ring (bicyclic) bond motifs is 1. The van der Waals surface area contributed by atoms with E-state index in [1.54, 1.807) is 18.4 Å². The van der Waals surface area contributed by atoms with E-state index in [2.05, 4.69) is 32.0 Å². The van der Waals surface area contributed by atoms with Crippen molar-refractivity contribution in [3.63, 3.8) is 0 Å². The average molecular weight is 292 g/mol. The molecule has 2 aromatic rings. The van der Waals surface area contributed by atoms with Crippen molar-refractivity contribution in [1.82, 2.24) is 9.97 Å². The first-order valence-corrected chi connectivity index (χ1v) is 7.80. The Bertz CT molecular complexity index is 594. The molecule has 0 saturated heterocycles. The lowest BCUT2D eigenvalue weighted by Crippen LogP contribution is -2.18. The van der Waals surface area contributed by atoms with Gasteiger partial charge in [0.2, 0.25) is 5.95 Å². The number of methoxy groups -OCH3 is 1. The van der Waals surface area contributed by atoms with Crippen LogP contribution < -0.4 is 10.6 Å². The molecule has 3 rings (SSSR count). The summed E-state index contributed by atoms with van der Waals surface area (Å²) in [6.45, 7) is 1.79. The van der Waals surface area contributed by atoms with Gasteiger partial charge in [-0.05, 0) is 36.1 Å². The minimum absolute atomic E-state index is 0.406. The minimum atomic E-state index is 0.406. The Balaban J connectivity index is 1.75. The summed E-state index contributed by atoms with van der Waals surface area (Å²) < 4.78 is 5.20. The summed E-state index contributed by atoms with van der Waals surface area (Å²) in [5.41, 5.74) is 0.406. The number of aromatic nitrogens is 2. The van der Waals surface area contributed by atoms with Gasteiger partial charge in [-0.3, -0.25) is 0 Å². The fourth-order valence-electron chi connectivity index (χ4n) is 2.38. The van der Waals surface area contributed by atoms with Gasteiger partial charge in [-0.1, -0.05) is 0 Å². The van der Waals surface area contributed by atoms with Gasteiger partial charge in [0.1, 0.15) is 10.6 Å². The van der Waals surface area contributed by atoms with Crippen molar-refractivity contribution in [2.45, 2.75) is 19.3 Å². The molecule has 1 aliphatic carbocycles. The molecule has 0 amide bonds. The molecule has 20 heavy (non-hydrogen) atoms. The zero-order chi connectivity index (χ0) is 14.0. The lowest BCUT2D eigenvalue weighted by atomic mass is 10.0. The summed E-state index contributed by atoms with van der Waals surface area (Å²) in [6.07, 6.45) is 3.67. The quantitative estimate of drug-likeness (QED) is 0.821. The molecule has 5 nitrogen and oxygen atoms in total. The smallest absolute Gasteiger partial charge is 0.225 e. The Morgan fingerprint density at radius 3 is 2.95 bits per heavy atom. The Labute approximate surface area is 122 Å². The molecule has 0 unspecified atom stereocenters. The van der Waals surface area contributed by atoms with Gasteiger partial charge in [0.15, 0.2) is 0 Å². The first kappa shape index (κ1) is 13.6. The van der Waals surface area contributed by atoms with Crippen molar-refractivity contribution in [3.05, 3.63) is 11.4 Å². The Morgan fingerprint density at radius 1 is 1.40 bits per heavy atom. The number of hydrogen-bond donors (Lipinski definition) is 2. The van der Waals surface area contributed by atoms with Crippen LogP contribution in [0.1, 0.15) is 19.3 Å². The number of rotatable bonds is 7. The molecule has 0 aliphatic heterocycles. The van der Waals surface area contributed by atoms with Crippen LogP contribution in [0.3, 0.4) is 0 Å². The Hall–Kier alpha value is -1.40. The van der Waals surface area contributed by atoms with E-state index in [1.807, 2.05) is 7.05 Å². The van der Waals surface area contributed by atoms with Gasteiger partial charge in [0.05, 0.1) is 5.39 Å². The maximum absolute atomic E-state index is 5.20. The molecule has 6 heteroatoms. The van der Waals surface area contributed by atoms with E-state index in [0.717, 1.165) is 35.6 Å². The normalized spacial score (nSPS) is 16.3. The highest BCUT2D eigenvalue weighted by Gasteiger charge is 2.41. The third-order valence-electron chi connectivity index (χ3n) is 3.97. The second kappa shape index (κ2) is 5.54. The van der Waals surface area contributed by atoms with Crippen LogP contribution in [-0.2, 0) is 4.74 Å². The minimum Gasteiger partial charge on any atom is -0.385 e. The van der Waals surface area contributed by atoms with Crippen molar-refractivity contribution < 1.29 is 4.74 Å². The monoisotopic (exact) mass is 292 g/mol. The zero-order valence-corrected chi connectivity index (χ0v) is 12.7. The van der Waals surface area contributed by atoms with Crippen molar-refractivity contribution in [1.29, 1.82) is 0 Å². The largest absolute Gasteiger partial charge is 0.385 e. The third kappa shape index (κ3) is 2.71. The molecule has 2 heterocycles. The van der Waals surface area contributed by atoms with Crippen LogP contribution in [0.2, 0.25) is 0 Å². The lowest BCUT2D eigenvalue weighted by Gasteiger charge is -2.16. The highest BCUT2D eigenvalue weighted by atomic mass is 32.1. The van der Waals surface area contributed by atoms with Crippen LogP contribution >= 0.6 is 11.3 Å². The van der Waals surface area contributed by atoms with Crippen molar-refractivity contribution in [3.8, 4) is 0 Å². The summed E-state index contributed by atoms with van der Waals surface area (Å²) in [6, 6.07) is 2.08. The SMILES string of the molecule is CNc1nc(NCC2(CCOC)CC2)c2ccsc2n1. The van der Waals surface area contributed by atoms with Gasteiger partial charge in [0.25, 0.3) is 0 Å². The predicted octanol–water partition coefficient (Wildman–Crippen LogP) is 2.96. The van der Waals surface area contributed by atoms with E-state index >= 15 is 0 Å². The molecule has 0 radical (unpaired) electrons. The van der Waals surface area contributed by atoms with E-state index in [4.69, 9.17) is 4.74 Å². The van der Waals surface area contributed by atoms with Crippen LogP contribution in [0.15, 0.2) is 11.4 Å². The van der Waals surface area contributed by atoms with Gasteiger partial charge in [-0.15, -0.1) is 11.3 Å². The number of anilines is 2. The van der Waals surface area contributed by atoms with Crippen LogP contribution in [0, 0.1) is 5.41 Å². The molecule has 1 saturated carbocycles. The lowest BCUT2D eigenvalue weighted by molar-refractivity contribution is 0.175. The van der Waals surface area contributed by atoms with Gasteiger partial charge in [-0.2, -0.15) is 4.98 Å². The van der Waals surface area contributed by atoms with Gasteiger partial charge >= 0.3 is 0 Å². The Morgan fingerprint density at radius 2 is 2.25 bits per heavy atom. The number of thiophene rings is 1. The molecule has 2 N–H and O–H groups in total. The highest BCUT2D eigenvalue weighted by molar-refractivity contribution is 7.16. The molecule has 0 atom stereocenters. The maximum atomic E-state index is 5.20. The van der Waals surface area contributed by atoms with Crippen molar-refractivity contribution in [2.24, 2.45) is 5.41 Å². The molecular weight excluding hydrogens is 272 g/mol. The third-order valence-corrected chi connectivity index (χ3v) is 4.78. The molecule has 0 aromatic carbocycles. The summed E-state index contributed by atoms with van der Waals surface area (Å²) in [5.74, 6) is 1.61. The fourth-order valence-corrected chi connectivity index (χ4v) is 3.15. The predicted molar refractivity (Wildman–Crippen MR) is 83.6 cm³/mol. The van der Waals surface area contributed by atoms with E-state index in [-0.39, 0.29) is 0 Å². The molecule has 0 spiro atoms. The highest BCUT2D eigenvalue weighted by Crippen LogP contribution is 2.48. The second-order valence-electron chi connectivity index (χ2n) is 5.38. The number of hydrogen-bond acceptors (Lipinski definition) is 6. The number of nitrogens with zero attached hydrogens (tertiary/aromatic N) is 2. The standard InChI is InChI=1S/C14H20N4OS/c1-15-13-17-11(10-3-8-20-12(10)18-13)16-9-14(4-5-14)6-7-19-2/h3,8H,4-7,9H2,1-2H3,(H2,15,16,17,18). The van der Waals surface area contributed by atoms with Crippen molar-refractivity contribution >= 4 is 33.3 Å². The first-order valence-electron chi connectivity index (χ1n) is 6.92. The van der Waals surface area contributed by atoms with E-state index in [0.29, 0.717) is 11.4 Å². The number of ether oxygens (including phenoxy) is 1. The van der Waals surface area contributed by atoms with Gasteiger partial charge < -0.3 is 15.4 Å². The topological polar surface area (TPSA) is 59.1 Å². The summed E-state index contributed by atoms with van der Waals surface area (Å²) >= 11 is 1.64. The average Bonchev–Trinajstić information content (AvgIpc) is 3.09. The van der Waals surface area contributed by atoms with Crippen LogP contribution in [-0.4, -0.2) is 37.3 Å². The van der Waals surface area contributed by atoms with Gasteiger partial charge in [0, 0.05) is 27.3 Å². The second-order valence-corrected chi connectivity index (χ2v) is 6.28. The summed E-state index contributed by atoms with van der Waals surface area (Å²) in [4.78, 5) is 10.0. The van der Waals surface area contributed by atoms with Crippen LogP contribution in [0.25, 0.3) is 10.2 Å². The Kier molecular flexibility index (Phi) is 3.76. The number of nitrogens with one attached hydrogen (secondary N) is 2. The zero-order valence-electron chi connectivity index (χ0n) is 11.9. The molecule has 1 aliphatic rings. The van der Waals surface area contributed by atoms with Crippen LogP contribution in [0.5, 0.6) is 0 Å². The summed E-state index contributed by atoms with van der Waals surface area (Å²) in [5, 5.41) is 9.71. The summed E-state index contributed by atoms with van der Waals surface area (Å²) in [7, 11) is 3.61. The fraction of sp³-hybridized carbons (Fsp3) is 0.571. The maximum Gasteiger partial charge on any atom is 0.225 e. The molecule has 0 bridgehead atoms. The van der Waals surface area contributed by atoms with E-state index < -0.39 is 0 Å². The molecule has 108 valence electrons. The van der Waals surface area contributed by atoms with Crippen molar-refractivity contribution in [2.75, 3.05) is 37.9 Å². The van der Waals surface area contributed by atoms with E-state index in [9.17, 15) is 0 Å². The first-order chi connectivity index (χ1) is 9.76. The molecule has 1 fully saturated rings.